The lowest BCUT2D eigenvalue weighted by atomic mass is 10.2. The Bertz CT molecular complexity index is 381. The van der Waals surface area contributed by atoms with Crippen LogP contribution in [0.4, 0.5) is 10.1 Å². The summed E-state index contributed by atoms with van der Waals surface area (Å²) in [5.74, 6) is 0.846. The number of anilines is 1. The van der Waals surface area contributed by atoms with Gasteiger partial charge in [-0.05, 0) is 26.0 Å². The lowest BCUT2D eigenvalue weighted by Gasteiger charge is -2.34. The summed E-state index contributed by atoms with van der Waals surface area (Å²) in [6, 6.07) is 3.96. The van der Waals surface area contributed by atoms with E-state index in [1.807, 2.05) is 6.07 Å². The van der Waals surface area contributed by atoms with Crippen LogP contribution in [0.2, 0.25) is 0 Å². The minimum atomic E-state index is -0.116. The summed E-state index contributed by atoms with van der Waals surface area (Å²) in [5.41, 5.74) is 1.02. The summed E-state index contributed by atoms with van der Waals surface area (Å²) in [4.78, 5) is 3.04. The van der Waals surface area contributed by atoms with E-state index < -0.39 is 0 Å². The van der Waals surface area contributed by atoms with Gasteiger partial charge < -0.3 is 4.90 Å². The Morgan fingerprint density at radius 2 is 2.20 bits per heavy atom. The van der Waals surface area contributed by atoms with Gasteiger partial charge in [0.05, 0.1) is 10.6 Å². The highest BCUT2D eigenvalue weighted by atomic mass is 79.9. The molecule has 0 aliphatic carbocycles. The number of benzene rings is 1. The lowest BCUT2D eigenvalue weighted by Crippen LogP contribution is -2.35. The van der Waals surface area contributed by atoms with E-state index >= 15 is 0 Å². The summed E-state index contributed by atoms with van der Waals surface area (Å²) >= 11 is 4.95. The van der Waals surface area contributed by atoms with E-state index in [9.17, 15) is 4.39 Å². The van der Waals surface area contributed by atoms with Crippen LogP contribution < -0.4 is 4.90 Å². The Balaban J connectivity index is 2.50. The maximum atomic E-state index is 13.7. The van der Waals surface area contributed by atoms with Gasteiger partial charge in [-0.2, -0.15) is 0 Å². The van der Waals surface area contributed by atoms with Crippen LogP contribution in [0.3, 0.4) is 0 Å². The van der Waals surface area contributed by atoms with Crippen molar-refractivity contribution >= 4 is 33.4 Å². The van der Waals surface area contributed by atoms with Crippen LogP contribution in [0, 0.1) is 5.82 Å². The molecule has 1 aromatic carbocycles. The molecule has 1 heterocycles. The fourth-order valence-electron chi connectivity index (χ4n) is 1.81. The van der Waals surface area contributed by atoms with Crippen LogP contribution in [0.1, 0.15) is 13.8 Å². The van der Waals surface area contributed by atoms with Gasteiger partial charge in [0.15, 0.2) is 0 Å². The molecule has 0 saturated heterocycles. The van der Waals surface area contributed by atoms with Gasteiger partial charge in [0.25, 0.3) is 0 Å². The van der Waals surface area contributed by atoms with Gasteiger partial charge in [0.1, 0.15) is 5.82 Å². The third kappa shape index (κ3) is 2.16. The van der Waals surface area contributed by atoms with E-state index in [1.165, 1.54) is 6.07 Å². The number of halogens is 2. The molecule has 1 nitrogen and oxygen atoms in total. The molecule has 0 amide bonds. The Morgan fingerprint density at radius 3 is 2.87 bits per heavy atom. The molecule has 4 heteroatoms. The van der Waals surface area contributed by atoms with Gasteiger partial charge in [-0.3, -0.25) is 0 Å². The first kappa shape index (κ1) is 11.3. The van der Waals surface area contributed by atoms with Gasteiger partial charge in [0, 0.05) is 22.8 Å². The topological polar surface area (TPSA) is 3.24 Å². The molecule has 0 radical (unpaired) electrons. The normalized spacial score (nSPS) is 15.7. The smallest absolute Gasteiger partial charge is 0.139 e. The first-order valence-corrected chi connectivity index (χ1v) is 6.76. The van der Waals surface area contributed by atoms with Crippen LogP contribution in [-0.2, 0) is 0 Å². The fraction of sp³-hybridized carbons (Fsp3) is 0.455. The maximum Gasteiger partial charge on any atom is 0.139 e. The third-order valence-corrected chi connectivity index (χ3v) is 4.04. The molecular weight excluding hydrogens is 277 g/mol. The van der Waals surface area contributed by atoms with Gasteiger partial charge in [-0.25, -0.2) is 4.39 Å². The predicted molar refractivity (Wildman–Crippen MR) is 67.3 cm³/mol. The SMILES string of the molecule is CC(C)N1CCSc2c(F)cc(Br)cc21. The van der Waals surface area contributed by atoms with Crippen LogP contribution in [-0.4, -0.2) is 18.3 Å². The highest BCUT2D eigenvalue weighted by Crippen LogP contribution is 2.39. The number of hydrogen-bond acceptors (Lipinski definition) is 2. The van der Waals surface area contributed by atoms with Crippen LogP contribution in [0.15, 0.2) is 21.5 Å². The van der Waals surface area contributed by atoms with E-state index in [0.717, 1.165) is 27.4 Å². The predicted octanol–water partition coefficient (Wildman–Crippen LogP) is 3.91. The second-order valence-electron chi connectivity index (χ2n) is 3.87. The molecule has 0 N–H and O–H groups in total. The minimum Gasteiger partial charge on any atom is -0.367 e. The molecule has 0 bridgehead atoms. The van der Waals surface area contributed by atoms with E-state index in [1.54, 1.807) is 11.8 Å². The summed E-state index contributed by atoms with van der Waals surface area (Å²) in [6.45, 7) is 5.27. The van der Waals surface area contributed by atoms with Crippen molar-refractivity contribution in [3.8, 4) is 0 Å². The number of rotatable bonds is 1. The quantitative estimate of drug-likeness (QED) is 0.771. The zero-order valence-corrected chi connectivity index (χ0v) is 11.2. The number of hydrogen-bond donors (Lipinski definition) is 0. The van der Waals surface area contributed by atoms with Crippen LogP contribution in [0.5, 0.6) is 0 Å². The summed E-state index contributed by atoms with van der Waals surface area (Å²) in [5, 5.41) is 0. The third-order valence-electron chi connectivity index (χ3n) is 2.50. The highest BCUT2D eigenvalue weighted by molar-refractivity contribution is 9.10. The van der Waals surface area contributed by atoms with Crippen molar-refractivity contribution in [2.45, 2.75) is 24.8 Å². The first-order chi connectivity index (χ1) is 7.09. The average Bonchev–Trinajstić information content (AvgIpc) is 2.16. The van der Waals surface area contributed by atoms with Crippen molar-refractivity contribution in [3.63, 3.8) is 0 Å². The molecule has 1 aliphatic rings. The minimum absolute atomic E-state index is 0.116. The van der Waals surface area contributed by atoms with Crippen molar-refractivity contribution in [2.24, 2.45) is 0 Å². The van der Waals surface area contributed by atoms with E-state index in [0.29, 0.717) is 6.04 Å². The molecular formula is C11H13BrFNS. The number of thioether (sulfide) groups is 1. The molecule has 82 valence electrons. The maximum absolute atomic E-state index is 13.7. The Hall–Kier alpha value is -0.220. The van der Waals surface area contributed by atoms with Crippen LogP contribution >= 0.6 is 27.7 Å². The molecule has 1 aromatic rings. The number of nitrogens with zero attached hydrogens (tertiary/aromatic N) is 1. The number of fused-ring (bicyclic) bond motifs is 1. The van der Waals surface area contributed by atoms with Crippen molar-refractivity contribution in [3.05, 3.63) is 22.4 Å². The summed E-state index contributed by atoms with van der Waals surface area (Å²) in [7, 11) is 0. The molecule has 0 spiro atoms. The second kappa shape index (κ2) is 4.34. The standard InChI is InChI=1S/C11H13BrFNS/c1-7(2)14-3-4-15-11-9(13)5-8(12)6-10(11)14/h5-7H,3-4H2,1-2H3. The fourth-order valence-corrected chi connectivity index (χ4v) is 3.24. The Morgan fingerprint density at radius 1 is 1.47 bits per heavy atom. The first-order valence-electron chi connectivity index (χ1n) is 4.98. The van der Waals surface area contributed by atoms with Crippen molar-refractivity contribution in [1.29, 1.82) is 0 Å². The largest absolute Gasteiger partial charge is 0.367 e. The highest BCUT2D eigenvalue weighted by Gasteiger charge is 2.22. The molecule has 0 atom stereocenters. The van der Waals surface area contributed by atoms with E-state index in [-0.39, 0.29) is 5.82 Å². The molecule has 0 fully saturated rings. The molecule has 1 aliphatic heterocycles. The Kier molecular flexibility index (Phi) is 3.26. The van der Waals surface area contributed by atoms with Crippen molar-refractivity contribution in [1.82, 2.24) is 0 Å². The zero-order valence-electron chi connectivity index (χ0n) is 8.76. The van der Waals surface area contributed by atoms with Gasteiger partial charge >= 0.3 is 0 Å². The van der Waals surface area contributed by atoms with E-state index in [4.69, 9.17) is 0 Å². The second-order valence-corrected chi connectivity index (χ2v) is 5.89. The summed E-state index contributed by atoms with van der Waals surface area (Å²) < 4.78 is 14.5. The molecule has 15 heavy (non-hydrogen) atoms. The summed E-state index contributed by atoms with van der Waals surface area (Å²) in [6.07, 6.45) is 0. The van der Waals surface area contributed by atoms with Crippen molar-refractivity contribution in [2.75, 3.05) is 17.2 Å². The monoisotopic (exact) mass is 289 g/mol. The van der Waals surface area contributed by atoms with Gasteiger partial charge in [-0.15, -0.1) is 11.8 Å². The molecule has 2 rings (SSSR count). The van der Waals surface area contributed by atoms with Gasteiger partial charge in [-0.1, -0.05) is 15.9 Å². The van der Waals surface area contributed by atoms with E-state index in [2.05, 4.69) is 34.7 Å². The van der Waals surface area contributed by atoms with Crippen LogP contribution in [0.25, 0.3) is 0 Å². The van der Waals surface area contributed by atoms with Gasteiger partial charge in [0.2, 0.25) is 0 Å². The average molecular weight is 290 g/mol. The molecule has 0 aromatic heterocycles. The molecule has 0 saturated carbocycles. The van der Waals surface area contributed by atoms with Crippen molar-refractivity contribution < 1.29 is 4.39 Å². The zero-order chi connectivity index (χ0) is 11.0. The molecule has 0 unspecified atom stereocenters. The lowest BCUT2D eigenvalue weighted by molar-refractivity contribution is 0.592. The Labute approximate surface area is 102 Å².